The molecule has 4 rings (SSSR count). The van der Waals surface area contributed by atoms with Crippen molar-refractivity contribution in [2.45, 2.75) is 6.61 Å². The molecule has 1 heterocycles. The average molecular weight is 480 g/mol. The van der Waals surface area contributed by atoms with Crippen LogP contribution in [0.3, 0.4) is 0 Å². The van der Waals surface area contributed by atoms with Crippen LogP contribution in [0.25, 0.3) is 5.69 Å². The van der Waals surface area contributed by atoms with Gasteiger partial charge in [-0.05, 0) is 48.0 Å². The molecule has 0 aliphatic rings. The minimum absolute atomic E-state index is 0.0201. The number of hydrogen-bond acceptors (Lipinski definition) is 5. The number of aromatic nitrogens is 2. The van der Waals surface area contributed by atoms with Crippen molar-refractivity contribution >= 4 is 28.8 Å². The van der Waals surface area contributed by atoms with E-state index in [-0.39, 0.29) is 11.7 Å². The second-order valence-electron chi connectivity index (χ2n) is 6.97. The Labute approximate surface area is 197 Å². The molecule has 2 N–H and O–H groups in total. The molecule has 10 heteroatoms. The molecule has 0 saturated carbocycles. The van der Waals surface area contributed by atoms with Crippen LogP contribution in [-0.2, 0) is 6.61 Å². The van der Waals surface area contributed by atoms with Gasteiger partial charge in [-0.25, -0.2) is 18.3 Å². The van der Waals surface area contributed by atoms with Crippen LogP contribution in [0.2, 0.25) is 0 Å². The fraction of sp³-hybridized carbons (Fsp3) is 0.0417. The summed E-state index contributed by atoms with van der Waals surface area (Å²) in [6.45, 7) is 0.0201. The SMILES string of the molecule is O=C(NSC(=O)c1ccnn1-c1ccccc1)Nc1cccc(OCc2ccc(F)c(F)c2)c1. The second kappa shape index (κ2) is 10.6. The number of urea groups is 1. The predicted octanol–water partition coefficient (Wildman–Crippen LogP) is 5.34. The third kappa shape index (κ3) is 5.78. The Morgan fingerprint density at radius 1 is 0.941 bits per heavy atom. The highest BCUT2D eigenvalue weighted by atomic mass is 32.2. The van der Waals surface area contributed by atoms with E-state index in [0.29, 0.717) is 34.6 Å². The smallest absolute Gasteiger partial charge is 0.329 e. The van der Waals surface area contributed by atoms with E-state index < -0.39 is 17.7 Å². The van der Waals surface area contributed by atoms with Crippen LogP contribution in [0.1, 0.15) is 16.1 Å². The maximum absolute atomic E-state index is 13.3. The highest BCUT2D eigenvalue weighted by Gasteiger charge is 2.16. The molecule has 0 fully saturated rings. The molecule has 4 aromatic rings. The third-order valence-electron chi connectivity index (χ3n) is 4.57. The summed E-state index contributed by atoms with van der Waals surface area (Å²) < 4.78 is 35.9. The Hall–Kier alpha value is -4.18. The number of rotatable bonds is 6. The van der Waals surface area contributed by atoms with Gasteiger partial charge in [0, 0.05) is 23.7 Å². The number of amides is 2. The Balaban J connectivity index is 1.31. The molecule has 3 aromatic carbocycles. The first-order valence-electron chi connectivity index (χ1n) is 10.0. The van der Waals surface area contributed by atoms with Gasteiger partial charge in [-0.1, -0.05) is 30.3 Å². The Kier molecular flexibility index (Phi) is 7.19. The Morgan fingerprint density at radius 2 is 1.76 bits per heavy atom. The van der Waals surface area contributed by atoms with Crippen LogP contribution in [0.4, 0.5) is 19.3 Å². The Bertz CT molecular complexity index is 1310. The number of nitrogens with one attached hydrogen (secondary N) is 2. The molecule has 34 heavy (non-hydrogen) atoms. The molecule has 7 nitrogen and oxygen atoms in total. The normalized spacial score (nSPS) is 10.5. The summed E-state index contributed by atoms with van der Waals surface area (Å²) in [5.74, 6) is -1.47. The lowest BCUT2D eigenvalue weighted by atomic mass is 10.2. The molecule has 1 aromatic heterocycles. The number of para-hydroxylation sites is 1. The lowest BCUT2D eigenvalue weighted by Crippen LogP contribution is -2.24. The lowest BCUT2D eigenvalue weighted by Gasteiger charge is -2.10. The van der Waals surface area contributed by atoms with Gasteiger partial charge >= 0.3 is 6.03 Å². The maximum Gasteiger partial charge on any atom is 0.329 e. The average Bonchev–Trinajstić information content (AvgIpc) is 3.34. The number of nitrogens with zero attached hydrogens (tertiary/aromatic N) is 2. The van der Waals surface area contributed by atoms with Gasteiger partial charge in [0.05, 0.1) is 11.9 Å². The lowest BCUT2D eigenvalue weighted by molar-refractivity contribution is 0.108. The van der Waals surface area contributed by atoms with Gasteiger partial charge in [0.25, 0.3) is 5.12 Å². The molecule has 172 valence electrons. The summed E-state index contributed by atoms with van der Waals surface area (Å²) in [6, 6.07) is 20.1. The van der Waals surface area contributed by atoms with Gasteiger partial charge in [0.2, 0.25) is 0 Å². The van der Waals surface area contributed by atoms with Crippen molar-refractivity contribution in [1.29, 1.82) is 0 Å². The molecule has 0 unspecified atom stereocenters. The van der Waals surface area contributed by atoms with Crippen molar-refractivity contribution < 1.29 is 23.1 Å². The Morgan fingerprint density at radius 3 is 2.56 bits per heavy atom. The van der Waals surface area contributed by atoms with E-state index in [1.165, 1.54) is 16.9 Å². The number of ether oxygens (including phenoxy) is 1. The van der Waals surface area contributed by atoms with Crippen LogP contribution in [0.5, 0.6) is 5.75 Å². The van der Waals surface area contributed by atoms with Crippen molar-refractivity contribution in [2.24, 2.45) is 0 Å². The molecule has 0 bridgehead atoms. The van der Waals surface area contributed by atoms with E-state index in [4.69, 9.17) is 4.74 Å². The van der Waals surface area contributed by atoms with Crippen molar-refractivity contribution in [1.82, 2.24) is 14.5 Å². The van der Waals surface area contributed by atoms with Gasteiger partial charge in [-0.3, -0.25) is 9.52 Å². The minimum atomic E-state index is -0.952. The largest absolute Gasteiger partial charge is 0.489 e. The van der Waals surface area contributed by atoms with Crippen LogP contribution in [-0.4, -0.2) is 20.9 Å². The van der Waals surface area contributed by atoms with Crippen molar-refractivity contribution in [3.05, 3.63) is 108 Å². The topological polar surface area (TPSA) is 85.2 Å². The zero-order chi connectivity index (χ0) is 23.9. The molecule has 2 amide bonds. The fourth-order valence-corrected chi connectivity index (χ4v) is 3.49. The first kappa shape index (κ1) is 23.0. The molecule has 0 saturated heterocycles. The molecule has 0 spiro atoms. The first-order valence-corrected chi connectivity index (χ1v) is 10.9. The van der Waals surface area contributed by atoms with Crippen LogP contribution in [0, 0.1) is 11.6 Å². The number of benzene rings is 3. The van der Waals surface area contributed by atoms with E-state index in [2.05, 4.69) is 15.1 Å². The fourth-order valence-electron chi connectivity index (χ4n) is 2.99. The predicted molar refractivity (Wildman–Crippen MR) is 125 cm³/mol. The summed E-state index contributed by atoms with van der Waals surface area (Å²) in [7, 11) is 0. The first-order chi connectivity index (χ1) is 16.5. The van der Waals surface area contributed by atoms with E-state index in [1.54, 1.807) is 30.3 Å². The van der Waals surface area contributed by atoms with Crippen LogP contribution < -0.4 is 14.8 Å². The molecular weight excluding hydrogens is 462 g/mol. The molecule has 0 aliphatic carbocycles. The molecule has 0 aliphatic heterocycles. The van der Waals surface area contributed by atoms with E-state index >= 15 is 0 Å². The zero-order valence-electron chi connectivity index (χ0n) is 17.6. The molecule has 0 radical (unpaired) electrons. The van der Waals surface area contributed by atoms with Crippen LogP contribution >= 0.6 is 11.9 Å². The summed E-state index contributed by atoms with van der Waals surface area (Å²) in [4.78, 5) is 24.8. The third-order valence-corrected chi connectivity index (χ3v) is 5.25. The second-order valence-corrected chi connectivity index (χ2v) is 7.75. The van der Waals surface area contributed by atoms with Gasteiger partial charge in [-0.15, -0.1) is 0 Å². The number of halogens is 2. The number of anilines is 1. The summed E-state index contributed by atoms with van der Waals surface area (Å²) in [6.07, 6.45) is 1.51. The van der Waals surface area contributed by atoms with Gasteiger partial charge in [0.15, 0.2) is 11.6 Å². The van der Waals surface area contributed by atoms with E-state index in [9.17, 15) is 18.4 Å². The number of carbonyl (C=O) groups excluding carboxylic acids is 2. The summed E-state index contributed by atoms with van der Waals surface area (Å²) >= 11 is 0.625. The van der Waals surface area contributed by atoms with Gasteiger partial charge in [-0.2, -0.15) is 5.10 Å². The van der Waals surface area contributed by atoms with Crippen molar-refractivity contribution in [2.75, 3.05) is 5.32 Å². The highest BCUT2D eigenvalue weighted by Crippen LogP contribution is 2.20. The highest BCUT2D eigenvalue weighted by molar-refractivity contribution is 8.12. The van der Waals surface area contributed by atoms with E-state index in [1.807, 2.05) is 30.3 Å². The number of hydrogen-bond donors (Lipinski definition) is 2. The summed E-state index contributed by atoms with van der Waals surface area (Å²) in [5.41, 5.74) is 1.91. The standard InChI is InChI=1S/C24H18F2N4O3S/c25-20-10-9-16(13-21(20)26)15-33-19-8-4-5-17(14-19)28-24(32)29-34-23(31)22-11-12-27-30(22)18-6-2-1-3-7-18/h1-14H,15H2,(H2,28,29,32). The van der Waals surface area contributed by atoms with Crippen LogP contribution in [0.15, 0.2) is 85.1 Å². The van der Waals surface area contributed by atoms with E-state index in [0.717, 1.165) is 17.8 Å². The van der Waals surface area contributed by atoms with Gasteiger partial charge in [0.1, 0.15) is 18.1 Å². The monoisotopic (exact) mass is 480 g/mol. The number of carbonyl (C=O) groups is 2. The maximum atomic E-state index is 13.3. The summed E-state index contributed by atoms with van der Waals surface area (Å²) in [5, 5.41) is 6.38. The van der Waals surface area contributed by atoms with Gasteiger partial charge < -0.3 is 10.1 Å². The quantitative estimate of drug-likeness (QED) is 0.364. The molecular formula is C24H18F2N4O3S. The van der Waals surface area contributed by atoms with Crippen molar-refractivity contribution in [3.63, 3.8) is 0 Å². The zero-order valence-corrected chi connectivity index (χ0v) is 18.4. The van der Waals surface area contributed by atoms with Crippen molar-refractivity contribution in [3.8, 4) is 11.4 Å². The molecule has 0 atom stereocenters. The minimum Gasteiger partial charge on any atom is -0.489 e.